The van der Waals surface area contributed by atoms with Crippen LogP contribution in [0.25, 0.3) is 22.0 Å². The molecule has 0 aliphatic heterocycles. The Bertz CT molecular complexity index is 844. The molecule has 0 amide bonds. The molecular formula is C19H20N2O2. The zero-order valence-corrected chi connectivity index (χ0v) is 13.5. The molecule has 1 unspecified atom stereocenters. The minimum Gasteiger partial charge on any atom is -0.493 e. The van der Waals surface area contributed by atoms with E-state index in [9.17, 15) is 0 Å². The molecule has 0 saturated carbocycles. The summed E-state index contributed by atoms with van der Waals surface area (Å²) < 4.78 is 11.1. The van der Waals surface area contributed by atoms with Crippen LogP contribution in [-0.2, 0) is 0 Å². The van der Waals surface area contributed by atoms with Gasteiger partial charge in [0, 0.05) is 23.2 Å². The standard InChI is InChI=1S/C19H20N2O2/c1-12(20)15-10-16(19(23-3)18(11-15)22-2)13-6-7-17-14(9-13)5-4-8-21-17/h4-12H,20H2,1-3H3. The van der Waals surface area contributed by atoms with Gasteiger partial charge in [-0.25, -0.2) is 0 Å². The Hall–Kier alpha value is -2.59. The molecular weight excluding hydrogens is 288 g/mol. The molecule has 1 heterocycles. The van der Waals surface area contributed by atoms with Gasteiger partial charge in [0.25, 0.3) is 0 Å². The highest BCUT2D eigenvalue weighted by molar-refractivity contribution is 5.86. The van der Waals surface area contributed by atoms with Crippen molar-refractivity contribution in [3.8, 4) is 22.6 Å². The van der Waals surface area contributed by atoms with E-state index in [1.54, 1.807) is 20.4 Å². The van der Waals surface area contributed by atoms with E-state index >= 15 is 0 Å². The molecule has 2 N–H and O–H groups in total. The number of rotatable bonds is 4. The summed E-state index contributed by atoms with van der Waals surface area (Å²) in [5.41, 5.74) is 10.0. The van der Waals surface area contributed by atoms with Gasteiger partial charge >= 0.3 is 0 Å². The molecule has 3 aromatic rings. The molecule has 2 aromatic carbocycles. The average molecular weight is 308 g/mol. The van der Waals surface area contributed by atoms with Gasteiger partial charge in [0.05, 0.1) is 19.7 Å². The summed E-state index contributed by atoms with van der Waals surface area (Å²) in [6, 6.07) is 14.0. The predicted molar refractivity (Wildman–Crippen MR) is 92.9 cm³/mol. The Labute approximate surface area is 135 Å². The fraction of sp³-hybridized carbons (Fsp3) is 0.211. The number of benzene rings is 2. The number of nitrogens with zero attached hydrogens (tertiary/aromatic N) is 1. The summed E-state index contributed by atoms with van der Waals surface area (Å²) in [5.74, 6) is 1.39. The van der Waals surface area contributed by atoms with Gasteiger partial charge in [0.1, 0.15) is 0 Å². The van der Waals surface area contributed by atoms with Crippen LogP contribution in [0.15, 0.2) is 48.7 Å². The van der Waals surface area contributed by atoms with Crippen molar-refractivity contribution in [3.05, 3.63) is 54.2 Å². The van der Waals surface area contributed by atoms with Gasteiger partial charge < -0.3 is 15.2 Å². The van der Waals surface area contributed by atoms with Crippen molar-refractivity contribution in [2.45, 2.75) is 13.0 Å². The highest BCUT2D eigenvalue weighted by Crippen LogP contribution is 2.40. The van der Waals surface area contributed by atoms with Crippen molar-refractivity contribution in [2.24, 2.45) is 5.73 Å². The van der Waals surface area contributed by atoms with Crippen LogP contribution in [0.3, 0.4) is 0 Å². The Morgan fingerprint density at radius 1 is 1.04 bits per heavy atom. The molecule has 3 rings (SSSR count). The molecule has 4 heteroatoms. The Kier molecular flexibility index (Phi) is 4.17. The van der Waals surface area contributed by atoms with Gasteiger partial charge in [-0.1, -0.05) is 12.1 Å². The summed E-state index contributed by atoms with van der Waals surface area (Å²) in [6.45, 7) is 1.95. The fourth-order valence-electron chi connectivity index (χ4n) is 2.71. The number of pyridine rings is 1. The van der Waals surface area contributed by atoms with Crippen LogP contribution < -0.4 is 15.2 Å². The molecule has 0 radical (unpaired) electrons. The first-order valence-electron chi connectivity index (χ1n) is 7.50. The molecule has 118 valence electrons. The van der Waals surface area contributed by atoms with E-state index in [2.05, 4.69) is 17.1 Å². The van der Waals surface area contributed by atoms with Crippen LogP contribution >= 0.6 is 0 Å². The van der Waals surface area contributed by atoms with E-state index in [4.69, 9.17) is 15.2 Å². The topological polar surface area (TPSA) is 57.4 Å². The van der Waals surface area contributed by atoms with Crippen LogP contribution in [0.1, 0.15) is 18.5 Å². The quantitative estimate of drug-likeness (QED) is 0.793. The van der Waals surface area contributed by atoms with Crippen molar-refractivity contribution in [2.75, 3.05) is 14.2 Å². The monoisotopic (exact) mass is 308 g/mol. The molecule has 0 fully saturated rings. The fourth-order valence-corrected chi connectivity index (χ4v) is 2.71. The minimum absolute atomic E-state index is 0.0873. The number of ether oxygens (including phenoxy) is 2. The lowest BCUT2D eigenvalue weighted by Crippen LogP contribution is -2.06. The molecule has 0 saturated heterocycles. The Morgan fingerprint density at radius 2 is 1.87 bits per heavy atom. The van der Waals surface area contributed by atoms with E-state index in [1.165, 1.54) is 0 Å². The maximum absolute atomic E-state index is 6.06. The van der Waals surface area contributed by atoms with Gasteiger partial charge in [0.2, 0.25) is 0 Å². The number of hydrogen-bond donors (Lipinski definition) is 1. The second kappa shape index (κ2) is 6.26. The SMILES string of the molecule is COc1cc(C(C)N)cc(-c2ccc3ncccc3c2)c1OC. The van der Waals surface area contributed by atoms with Crippen molar-refractivity contribution in [1.82, 2.24) is 4.98 Å². The summed E-state index contributed by atoms with van der Waals surface area (Å²) in [4.78, 5) is 4.36. The van der Waals surface area contributed by atoms with Crippen molar-refractivity contribution < 1.29 is 9.47 Å². The average Bonchev–Trinajstić information content (AvgIpc) is 2.59. The van der Waals surface area contributed by atoms with Crippen LogP contribution in [0, 0.1) is 0 Å². The van der Waals surface area contributed by atoms with Crippen molar-refractivity contribution >= 4 is 10.9 Å². The van der Waals surface area contributed by atoms with E-state index < -0.39 is 0 Å². The van der Waals surface area contributed by atoms with E-state index in [0.717, 1.165) is 27.6 Å². The lowest BCUT2D eigenvalue weighted by Gasteiger charge is -2.17. The number of fused-ring (bicyclic) bond motifs is 1. The third-order valence-corrected chi connectivity index (χ3v) is 3.94. The highest BCUT2D eigenvalue weighted by Gasteiger charge is 2.16. The summed E-state index contributed by atoms with van der Waals surface area (Å²) in [7, 11) is 3.28. The second-order valence-corrected chi connectivity index (χ2v) is 5.50. The lowest BCUT2D eigenvalue weighted by atomic mass is 9.97. The van der Waals surface area contributed by atoms with Crippen LogP contribution in [0.2, 0.25) is 0 Å². The van der Waals surface area contributed by atoms with Gasteiger partial charge in [0.15, 0.2) is 11.5 Å². The Balaban J connectivity index is 2.24. The zero-order chi connectivity index (χ0) is 16.4. The molecule has 23 heavy (non-hydrogen) atoms. The first-order chi connectivity index (χ1) is 11.1. The summed E-state index contributed by atoms with van der Waals surface area (Å²) in [5, 5.41) is 1.08. The second-order valence-electron chi connectivity index (χ2n) is 5.50. The van der Waals surface area contributed by atoms with Gasteiger partial charge in [-0.05, 0) is 48.4 Å². The van der Waals surface area contributed by atoms with Gasteiger partial charge in [-0.15, -0.1) is 0 Å². The Morgan fingerprint density at radius 3 is 2.57 bits per heavy atom. The molecule has 0 aliphatic rings. The molecule has 0 aliphatic carbocycles. The molecule has 1 atom stereocenters. The van der Waals surface area contributed by atoms with Crippen LogP contribution in [0.4, 0.5) is 0 Å². The molecule has 0 bridgehead atoms. The normalized spacial score (nSPS) is 12.2. The zero-order valence-electron chi connectivity index (χ0n) is 13.5. The first-order valence-corrected chi connectivity index (χ1v) is 7.50. The largest absolute Gasteiger partial charge is 0.493 e. The number of methoxy groups -OCH3 is 2. The van der Waals surface area contributed by atoms with Crippen LogP contribution in [0.5, 0.6) is 11.5 Å². The third-order valence-electron chi connectivity index (χ3n) is 3.94. The molecule has 4 nitrogen and oxygen atoms in total. The van der Waals surface area contributed by atoms with Crippen LogP contribution in [-0.4, -0.2) is 19.2 Å². The van der Waals surface area contributed by atoms with E-state index in [-0.39, 0.29) is 6.04 Å². The maximum atomic E-state index is 6.06. The molecule has 1 aromatic heterocycles. The van der Waals surface area contributed by atoms with E-state index in [0.29, 0.717) is 11.5 Å². The summed E-state index contributed by atoms with van der Waals surface area (Å²) >= 11 is 0. The molecule has 0 spiro atoms. The highest BCUT2D eigenvalue weighted by atomic mass is 16.5. The predicted octanol–water partition coefficient (Wildman–Crippen LogP) is 3.94. The number of hydrogen-bond acceptors (Lipinski definition) is 4. The van der Waals surface area contributed by atoms with Gasteiger partial charge in [-0.3, -0.25) is 4.98 Å². The maximum Gasteiger partial charge on any atom is 0.168 e. The van der Waals surface area contributed by atoms with Gasteiger partial charge in [-0.2, -0.15) is 0 Å². The minimum atomic E-state index is -0.0873. The third kappa shape index (κ3) is 2.85. The summed E-state index contributed by atoms with van der Waals surface area (Å²) in [6.07, 6.45) is 1.79. The number of nitrogens with two attached hydrogens (primary N) is 1. The smallest absolute Gasteiger partial charge is 0.168 e. The first kappa shape index (κ1) is 15.3. The van der Waals surface area contributed by atoms with E-state index in [1.807, 2.05) is 37.3 Å². The van der Waals surface area contributed by atoms with Crippen molar-refractivity contribution in [1.29, 1.82) is 0 Å². The lowest BCUT2D eigenvalue weighted by molar-refractivity contribution is 0.355. The number of aromatic nitrogens is 1. The van der Waals surface area contributed by atoms with Crippen molar-refractivity contribution in [3.63, 3.8) is 0 Å².